The number of halogens is 4. The van der Waals surface area contributed by atoms with Crippen LogP contribution in [-0.4, -0.2) is 69.9 Å². The number of nitrogens with one attached hydrogen (secondary N) is 2. The summed E-state index contributed by atoms with van der Waals surface area (Å²) in [4.78, 5) is 39.7. The van der Waals surface area contributed by atoms with Crippen molar-refractivity contribution >= 4 is 28.7 Å². The molecular formula is C22H25F4N7O3. The van der Waals surface area contributed by atoms with E-state index < -0.39 is 41.2 Å². The van der Waals surface area contributed by atoms with Gasteiger partial charge in [0, 0.05) is 39.6 Å². The fraction of sp³-hybridized carbons (Fsp3) is 0.455. The second-order valence-corrected chi connectivity index (χ2v) is 8.60. The number of aryl methyl sites for hydroxylation is 1. The van der Waals surface area contributed by atoms with Crippen molar-refractivity contribution in [3.8, 4) is 0 Å². The molecule has 0 aromatic carbocycles. The molecule has 1 fully saturated rings. The molecule has 2 atom stereocenters. The van der Waals surface area contributed by atoms with E-state index in [2.05, 4.69) is 20.3 Å². The van der Waals surface area contributed by atoms with Gasteiger partial charge in [0.05, 0.1) is 31.0 Å². The summed E-state index contributed by atoms with van der Waals surface area (Å²) in [6, 6.07) is 0.628. The minimum absolute atomic E-state index is 0.0663. The second-order valence-electron chi connectivity index (χ2n) is 8.60. The Morgan fingerprint density at radius 1 is 1.36 bits per heavy atom. The van der Waals surface area contributed by atoms with E-state index >= 15 is 4.39 Å². The Kier molecular flexibility index (Phi) is 6.89. The molecule has 0 bridgehead atoms. The number of hydrogen-bond acceptors (Lipinski definition) is 6. The Morgan fingerprint density at radius 3 is 2.78 bits per heavy atom. The number of carbonyl (C=O) groups excluding carboxylic acids is 1. The molecule has 0 aliphatic carbocycles. The van der Waals surface area contributed by atoms with Gasteiger partial charge in [-0.2, -0.15) is 13.2 Å². The predicted octanol–water partition coefficient (Wildman–Crippen LogP) is 2.90. The molecule has 0 radical (unpaired) electrons. The van der Waals surface area contributed by atoms with E-state index in [-0.39, 0.29) is 13.0 Å². The molecule has 3 aromatic heterocycles. The number of fused-ring (bicyclic) bond motifs is 1. The minimum Gasteiger partial charge on any atom is -0.378 e. The van der Waals surface area contributed by atoms with Crippen LogP contribution in [0.4, 0.5) is 33.9 Å². The summed E-state index contributed by atoms with van der Waals surface area (Å²) in [5.41, 5.74) is -0.460. The summed E-state index contributed by atoms with van der Waals surface area (Å²) < 4.78 is 60.3. The first kappa shape index (κ1) is 25.4. The summed E-state index contributed by atoms with van der Waals surface area (Å²) in [5, 5.41) is 2.19. The van der Waals surface area contributed by atoms with Crippen LogP contribution in [0.25, 0.3) is 11.2 Å². The van der Waals surface area contributed by atoms with E-state index in [1.54, 1.807) is 18.1 Å². The van der Waals surface area contributed by atoms with Crippen LogP contribution in [-0.2, 0) is 24.6 Å². The van der Waals surface area contributed by atoms with Gasteiger partial charge in [0.2, 0.25) is 0 Å². The first-order valence-electron chi connectivity index (χ1n) is 11.0. The Bertz CT molecular complexity index is 1320. The lowest BCUT2D eigenvalue weighted by molar-refractivity contribution is -0.138. The molecule has 4 heterocycles. The van der Waals surface area contributed by atoms with Crippen LogP contribution in [0.5, 0.6) is 0 Å². The number of carbonyl (C=O) groups is 1. The molecule has 2 N–H and O–H groups in total. The number of H-pyrrole nitrogens is 1. The maximum atomic E-state index is 15.2. The van der Waals surface area contributed by atoms with Gasteiger partial charge in [-0.15, -0.1) is 0 Å². The number of aromatic nitrogens is 4. The zero-order valence-corrected chi connectivity index (χ0v) is 19.8. The molecule has 14 heteroatoms. The zero-order valence-electron chi connectivity index (χ0n) is 19.8. The SMILES string of the molecule is COCc1cc2nc(N3CC[C@@H](N(C)C(=O)Nc4cc(C(F)(F)F)cn(C)c4=O)[C@H](F)C3)cnc2[nH]1. The molecule has 0 spiro atoms. The number of alkyl halides is 4. The standard InChI is InChI=1S/C22H25F4N7O3/c1-31-9-12(22(24,25)26)6-16(20(31)34)30-21(35)32(2)17-4-5-33(10-14(17)23)18-8-27-19-15(29-18)7-13(28-19)11-36-3/h6-9,14,17H,4-5,10-11H2,1-3H3,(H,27,28)(H,30,35)/t14-,17-/m1/s1. The Labute approximate surface area is 202 Å². The van der Waals surface area contributed by atoms with Crippen molar-refractivity contribution < 1.29 is 27.1 Å². The lowest BCUT2D eigenvalue weighted by Gasteiger charge is -2.39. The lowest BCUT2D eigenvalue weighted by Crippen LogP contribution is -2.54. The molecule has 10 nitrogen and oxygen atoms in total. The van der Waals surface area contributed by atoms with Gasteiger partial charge < -0.3 is 29.4 Å². The van der Waals surface area contributed by atoms with Crippen LogP contribution in [0.3, 0.4) is 0 Å². The fourth-order valence-electron chi connectivity index (χ4n) is 4.18. The van der Waals surface area contributed by atoms with Crippen molar-refractivity contribution in [3.05, 3.63) is 46.1 Å². The molecular weight excluding hydrogens is 486 g/mol. The lowest BCUT2D eigenvalue weighted by atomic mass is 10.0. The number of rotatable bonds is 5. The molecule has 1 aliphatic heterocycles. The Hall–Kier alpha value is -3.68. The number of urea groups is 1. The number of hydrogen-bond donors (Lipinski definition) is 2. The summed E-state index contributed by atoms with van der Waals surface area (Å²) in [6.07, 6.45) is -3.78. The van der Waals surface area contributed by atoms with Gasteiger partial charge in [0.15, 0.2) is 5.65 Å². The van der Waals surface area contributed by atoms with E-state index in [4.69, 9.17) is 4.74 Å². The van der Waals surface area contributed by atoms with Crippen molar-refractivity contribution in [1.29, 1.82) is 0 Å². The number of nitrogens with zero attached hydrogens (tertiary/aromatic N) is 5. The van der Waals surface area contributed by atoms with Crippen LogP contribution in [0, 0.1) is 0 Å². The molecule has 3 aromatic rings. The normalized spacial score (nSPS) is 18.5. The monoisotopic (exact) mass is 511 g/mol. The summed E-state index contributed by atoms with van der Waals surface area (Å²) >= 11 is 0. The quantitative estimate of drug-likeness (QED) is 0.510. The molecule has 1 aliphatic rings. The largest absolute Gasteiger partial charge is 0.417 e. The Morgan fingerprint density at radius 2 is 2.11 bits per heavy atom. The highest BCUT2D eigenvalue weighted by atomic mass is 19.4. The van der Waals surface area contributed by atoms with Gasteiger partial charge in [-0.05, 0) is 18.6 Å². The van der Waals surface area contributed by atoms with Gasteiger partial charge in [0.1, 0.15) is 23.2 Å². The number of pyridine rings is 1. The van der Waals surface area contributed by atoms with Gasteiger partial charge in [0.25, 0.3) is 5.56 Å². The zero-order chi connectivity index (χ0) is 26.2. The topological polar surface area (TPSA) is 108 Å². The average molecular weight is 511 g/mol. The molecule has 194 valence electrons. The van der Waals surface area contributed by atoms with Crippen LogP contribution in [0.15, 0.2) is 29.3 Å². The van der Waals surface area contributed by atoms with Crippen LogP contribution < -0.4 is 15.8 Å². The molecule has 0 unspecified atom stereocenters. The van der Waals surface area contributed by atoms with Gasteiger partial charge >= 0.3 is 12.2 Å². The molecule has 36 heavy (non-hydrogen) atoms. The first-order chi connectivity index (χ1) is 17.0. The number of amides is 2. The molecule has 2 amide bonds. The van der Waals surface area contributed by atoms with E-state index in [0.29, 0.717) is 42.4 Å². The maximum Gasteiger partial charge on any atom is 0.417 e. The third-order valence-corrected chi connectivity index (χ3v) is 6.08. The highest BCUT2D eigenvalue weighted by Gasteiger charge is 2.36. The van der Waals surface area contributed by atoms with Gasteiger partial charge in [-0.1, -0.05) is 0 Å². The van der Waals surface area contributed by atoms with Crippen molar-refractivity contribution in [1.82, 2.24) is 24.4 Å². The smallest absolute Gasteiger partial charge is 0.378 e. The van der Waals surface area contributed by atoms with Gasteiger partial charge in [-0.3, -0.25) is 4.79 Å². The number of anilines is 2. The van der Waals surface area contributed by atoms with E-state index in [1.807, 2.05) is 0 Å². The summed E-state index contributed by atoms with van der Waals surface area (Å²) in [5.74, 6) is 0.478. The van der Waals surface area contributed by atoms with Gasteiger partial charge in [-0.25, -0.2) is 19.2 Å². The minimum atomic E-state index is -4.70. The third-order valence-electron chi connectivity index (χ3n) is 6.08. The Balaban J connectivity index is 1.44. The van der Waals surface area contributed by atoms with Crippen molar-refractivity contribution in [2.45, 2.75) is 31.4 Å². The first-order valence-corrected chi connectivity index (χ1v) is 11.0. The molecule has 0 saturated carbocycles. The predicted molar refractivity (Wildman–Crippen MR) is 124 cm³/mol. The second kappa shape index (κ2) is 9.76. The summed E-state index contributed by atoms with van der Waals surface area (Å²) in [7, 11) is 4.06. The number of ether oxygens (including phenoxy) is 1. The van der Waals surface area contributed by atoms with E-state index in [1.165, 1.54) is 13.2 Å². The highest BCUT2D eigenvalue weighted by molar-refractivity contribution is 5.89. The maximum absolute atomic E-state index is 15.2. The number of aromatic amines is 1. The molecule has 4 rings (SSSR count). The van der Waals surface area contributed by atoms with Crippen molar-refractivity contribution in [2.24, 2.45) is 7.05 Å². The van der Waals surface area contributed by atoms with Crippen LogP contribution in [0.2, 0.25) is 0 Å². The number of methoxy groups -OCH3 is 1. The van der Waals surface area contributed by atoms with Crippen LogP contribution in [0.1, 0.15) is 17.7 Å². The average Bonchev–Trinajstić information content (AvgIpc) is 3.22. The fourth-order valence-corrected chi connectivity index (χ4v) is 4.18. The summed E-state index contributed by atoms with van der Waals surface area (Å²) in [6.45, 7) is 0.666. The van der Waals surface area contributed by atoms with Crippen molar-refractivity contribution in [2.75, 3.05) is 37.5 Å². The van der Waals surface area contributed by atoms with E-state index in [0.717, 1.165) is 22.2 Å². The third kappa shape index (κ3) is 5.12. The molecule has 1 saturated heterocycles. The van der Waals surface area contributed by atoms with Crippen molar-refractivity contribution in [3.63, 3.8) is 0 Å². The number of piperidine rings is 1. The van der Waals surface area contributed by atoms with E-state index in [9.17, 15) is 22.8 Å². The highest BCUT2D eigenvalue weighted by Crippen LogP contribution is 2.30. The van der Waals surface area contributed by atoms with Crippen LogP contribution >= 0.6 is 0 Å².